The van der Waals surface area contributed by atoms with Crippen LogP contribution < -0.4 is 11.1 Å². The molecule has 0 aromatic carbocycles. The molecule has 2 heterocycles. The van der Waals surface area contributed by atoms with E-state index in [-0.39, 0.29) is 18.1 Å². The van der Waals surface area contributed by atoms with Crippen molar-refractivity contribution >= 4 is 11.6 Å². The molecule has 0 unspecified atom stereocenters. The number of carbonyl (C=O) groups excluding carboxylic acids is 1. The molecular weight excluding hydrogens is 246 g/mol. The molecular formula is C12H17N5O2. The Morgan fingerprint density at radius 3 is 2.89 bits per heavy atom. The number of aromatic nitrogens is 3. The molecule has 2 aromatic rings. The summed E-state index contributed by atoms with van der Waals surface area (Å²) in [6.45, 7) is 4.78. The maximum absolute atomic E-state index is 11.9. The van der Waals surface area contributed by atoms with Crippen molar-refractivity contribution in [2.24, 2.45) is 0 Å². The summed E-state index contributed by atoms with van der Waals surface area (Å²) in [5.74, 6) is 0.929. The van der Waals surface area contributed by atoms with Crippen LogP contribution in [0, 0.1) is 0 Å². The molecule has 0 aliphatic rings. The molecule has 0 saturated carbocycles. The van der Waals surface area contributed by atoms with E-state index in [1.165, 1.54) is 0 Å². The van der Waals surface area contributed by atoms with Gasteiger partial charge in [0.15, 0.2) is 5.69 Å². The predicted molar refractivity (Wildman–Crippen MR) is 69.4 cm³/mol. The maximum Gasteiger partial charge on any atom is 0.274 e. The van der Waals surface area contributed by atoms with Gasteiger partial charge in [-0.25, -0.2) is 4.98 Å². The van der Waals surface area contributed by atoms with Gasteiger partial charge < -0.3 is 15.5 Å². The van der Waals surface area contributed by atoms with Gasteiger partial charge in [-0.05, 0) is 6.92 Å². The fourth-order valence-corrected chi connectivity index (χ4v) is 1.61. The molecule has 2 aromatic heterocycles. The highest BCUT2D eigenvalue weighted by molar-refractivity contribution is 5.96. The van der Waals surface area contributed by atoms with E-state index in [2.05, 4.69) is 15.4 Å². The molecule has 102 valence electrons. The van der Waals surface area contributed by atoms with Crippen molar-refractivity contribution in [3.8, 4) is 0 Å². The number of nitrogens with one attached hydrogen (secondary N) is 1. The van der Waals surface area contributed by atoms with Crippen LogP contribution in [-0.4, -0.2) is 20.7 Å². The Bertz CT molecular complexity index is 572. The summed E-state index contributed by atoms with van der Waals surface area (Å²) in [6, 6.07) is 0. The molecule has 0 fully saturated rings. The number of amides is 1. The lowest BCUT2D eigenvalue weighted by molar-refractivity contribution is 0.0942. The molecule has 0 radical (unpaired) electrons. The number of nitrogens with zero attached hydrogens (tertiary/aromatic N) is 3. The van der Waals surface area contributed by atoms with Crippen LogP contribution in [-0.2, 0) is 19.5 Å². The van der Waals surface area contributed by atoms with E-state index in [0.717, 1.165) is 12.2 Å². The summed E-state index contributed by atoms with van der Waals surface area (Å²) in [6.07, 6.45) is 4.06. The molecule has 0 spiro atoms. The molecule has 0 bridgehead atoms. The number of oxazole rings is 1. The second-order valence-corrected chi connectivity index (χ2v) is 4.05. The van der Waals surface area contributed by atoms with Crippen molar-refractivity contribution in [3.05, 3.63) is 29.7 Å². The van der Waals surface area contributed by atoms with Gasteiger partial charge in [0.2, 0.25) is 5.89 Å². The van der Waals surface area contributed by atoms with Crippen LogP contribution in [0.15, 0.2) is 16.8 Å². The Labute approximate surface area is 110 Å². The molecule has 0 aliphatic carbocycles. The molecule has 19 heavy (non-hydrogen) atoms. The van der Waals surface area contributed by atoms with Gasteiger partial charge in [0.05, 0.1) is 18.4 Å². The van der Waals surface area contributed by atoms with Gasteiger partial charge in [0.1, 0.15) is 5.76 Å². The lowest BCUT2D eigenvalue weighted by atomic mass is 10.3. The number of aryl methyl sites for hydroxylation is 2. The average Bonchev–Trinajstić information content (AvgIpc) is 3.02. The summed E-state index contributed by atoms with van der Waals surface area (Å²) in [5, 5.41) is 6.77. The first-order valence-corrected chi connectivity index (χ1v) is 6.18. The Morgan fingerprint density at radius 1 is 1.53 bits per heavy atom. The van der Waals surface area contributed by atoms with Crippen LogP contribution in [0.3, 0.4) is 0 Å². The van der Waals surface area contributed by atoms with Crippen molar-refractivity contribution in [2.75, 3.05) is 5.73 Å². The molecule has 7 heteroatoms. The standard InChI is InChI=1S/C12H17N5O2/c1-3-8-5-14-10(19-8)6-15-12(18)11-9(13)7-17(4-2)16-11/h5,7H,3-4,6,13H2,1-2H3,(H,15,18). The average molecular weight is 263 g/mol. The number of hydrogen-bond acceptors (Lipinski definition) is 5. The summed E-state index contributed by atoms with van der Waals surface area (Å²) >= 11 is 0. The number of rotatable bonds is 5. The Hall–Kier alpha value is -2.31. The van der Waals surface area contributed by atoms with E-state index in [4.69, 9.17) is 10.2 Å². The number of hydrogen-bond donors (Lipinski definition) is 2. The first-order chi connectivity index (χ1) is 9.13. The van der Waals surface area contributed by atoms with Gasteiger partial charge in [-0.1, -0.05) is 6.92 Å². The lowest BCUT2D eigenvalue weighted by Crippen LogP contribution is -2.24. The van der Waals surface area contributed by atoms with Crippen LogP contribution in [0.5, 0.6) is 0 Å². The van der Waals surface area contributed by atoms with Gasteiger partial charge in [0, 0.05) is 19.2 Å². The molecule has 3 N–H and O–H groups in total. The number of nitrogen functional groups attached to an aromatic ring is 1. The maximum atomic E-state index is 11.9. The number of anilines is 1. The molecule has 0 atom stereocenters. The third-order valence-electron chi connectivity index (χ3n) is 2.68. The fraction of sp³-hybridized carbons (Fsp3) is 0.417. The second-order valence-electron chi connectivity index (χ2n) is 4.05. The molecule has 0 aliphatic heterocycles. The summed E-state index contributed by atoms with van der Waals surface area (Å²) in [5.41, 5.74) is 6.32. The normalized spacial score (nSPS) is 10.6. The van der Waals surface area contributed by atoms with Crippen LogP contribution in [0.4, 0.5) is 5.69 Å². The van der Waals surface area contributed by atoms with E-state index in [1.54, 1.807) is 17.1 Å². The SMILES string of the molecule is CCc1cnc(CNC(=O)c2nn(CC)cc2N)o1. The first kappa shape index (κ1) is 13.1. The molecule has 0 saturated heterocycles. The summed E-state index contributed by atoms with van der Waals surface area (Å²) < 4.78 is 7.01. The molecule has 7 nitrogen and oxygen atoms in total. The van der Waals surface area contributed by atoms with Gasteiger partial charge in [0.25, 0.3) is 5.91 Å². The molecule has 1 amide bonds. The Morgan fingerprint density at radius 2 is 2.32 bits per heavy atom. The summed E-state index contributed by atoms with van der Waals surface area (Å²) in [7, 11) is 0. The lowest BCUT2D eigenvalue weighted by Gasteiger charge is -2.00. The minimum absolute atomic E-state index is 0.220. The minimum Gasteiger partial charge on any atom is -0.444 e. The van der Waals surface area contributed by atoms with E-state index in [9.17, 15) is 4.79 Å². The highest BCUT2D eigenvalue weighted by Gasteiger charge is 2.15. The third-order valence-corrected chi connectivity index (χ3v) is 2.68. The highest BCUT2D eigenvalue weighted by Crippen LogP contribution is 2.09. The largest absolute Gasteiger partial charge is 0.444 e. The first-order valence-electron chi connectivity index (χ1n) is 6.18. The van der Waals surface area contributed by atoms with Crippen molar-refractivity contribution in [3.63, 3.8) is 0 Å². The van der Waals surface area contributed by atoms with Crippen LogP contribution in [0.2, 0.25) is 0 Å². The van der Waals surface area contributed by atoms with E-state index >= 15 is 0 Å². The zero-order valence-corrected chi connectivity index (χ0v) is 11.0. The van der Waals surface area contributed by atoms with E-state index < -0.39 is 0 Å². The topological polar surface area (TPSA) is 99.0 Å². The number of nitrogens with two attached hydrogens (primary N) is 1. The Kier molecular flexibility index (Phi) is 3.84. The third kappa shape index (κ3) is 2.93. The zero-order valence-electron chi connectivity index (χ0n) is 11.0. The van der Waals surface area contributed by atoms with Crippen LogP contribution in [0.25, 0.3) is 0 Å². The van der Waals surface area contributed by atoms with Gasteiger partial charge >= 0.3 is 0 Å². The Balaban J connectivity index is 1.98. The van der Waals surface area contributed by atoms with Gasteiger partial charge in [-0.15, -0.1) is 0 Å². The predicted octanol–water partition coefficient (Wildman–Crippen LogP) is 0.966. The fourth-order valence-electron chi connectivity index (χ4n) is 1.61. The van der Waals surface area contributed by atoms with Crippen molar-refractivity contribution in [1.29, 1.82) is 0 Å². The van der Waals surface area contributed by atoms with E-state index in [1.807, 2.05) is 13.8 Å². The minimum atomic E-state index is -0.332. The highest BCUT2D eigenvalue weighted by atomic mass is 16.4. The van der Waals surface area contributed by atoms with Crippen molar-refractivity contribution in [1.82, 2.24) is 20.1 Å². The van der Waals surface area contributed by atoms with Gasteiger partial charge in [-0.3, -0.25) is 9.48 Å². The smallest absolute Gasteiger partial charge is 0.274 e. The molecule has 2 rings (SSSR count). The quantitative estimate of drug-likeness (QED) is 0.837. The zero-order chi connectivity index (χ0) is 13.8. The van der Waals surface area contributed by atoms with Crippen molar-refractivity contribution in [2.45, 2.75) is 33.4 Å². The van der Waals surface area contributed by atoms with Crippen LogP contribution in [0.1, 0.15) is 36.0 Å². The van der Waals surface area contributed by atoms with Crippen molar-refractivity contribution < 1.29 is 9.21 Å². The van der Waals surface area contributed by atoms with Crippen LogP contribution >= 0.6 is 0 Å². The monoisotopic (exact) mass is 263 g/mol. The van der Waals surface area contributed by atoms with Gasteiger partial charge in [-0.2, -0.15) is 5.10 Å². The second kappa shape index (κ2) is 5.55. The summed E-state index contributed by atoms with van der Waals surface area (Å²) in [4.78, 5) is 16.0. The number of carbonyl (C=O) groups is 1. The van der Waals surface area contributed by atoms with E-state index in [0.29, 0.717) is 18.1 Å².